The monoisotopic (exact) mass is 372 g/mol. The van der Waals surface area contributed by atoms with Crippen LogP contribution in [0.25, 0.3) is 11.0 Å². The molecule has 1 atom stereocenters. The Morgan fingerprint density at radius 1 is 1.43 bits per heavy atom. The molecule has 0 aliphatic heterocycles. The number of benzene rings is 1. The fraction of sp³-hybridized carbons (Fsp3) is 0.417. The molecule has 0 aliphatic carbocycles. The number of carbonyl (C=O) groups is 1. The van der Waals surface area contributed by atoms with Gasteiger partial charge in [0.25, 0.3) is 0 Å². The Morgan fingerprint density at radius 3 is 2.90 bits per heavy atom. The van der Waals surface area contributed by atoms with Gasteiger partial charge in [-0.15, -0.1) is 0 Å². The number of amides is 1. The average Bonchev–Trinajstić information content (AvgIpc) is 2.80. The zero-order valence-electron chi connectivity index (χ0n) is 11.8. The van der Waals surface area contributed by atoms with E-state index in [-0.39, 0.29) is 15.1 Å². The molecule has 0 fully saturated rings. The molecule has 0 saturated carbocycles. The predicted molar refractivity (Wildman–Crippen MR) is 81.1 cm³/mol. The molecule has 1 unspecified atom stereocenters. The molecule has 0 spiro atoms. The molecule has 9 heteroatoms. The van der Waals surface area contributed by atoms with Gasteiger partial charge in [0.15, 0.2) is 0 Å². The van der Waals surface area contributed by atoms with Crippen LogP contribution in [0, 0.1) is 0 Å². The normalized spacial score (nSPS) is 12.3. The van der Waals surface area contributed by atoms with Crippen LogP contribution in [0.3, 0.4) is 0 Å². The Labute approximate surface area is 129 Å². The molecule has 1 heterocycles. The van der Waals surface area contributed by atoms with Gasteiger partial charge in [0.05, 0.1) is 0 Å². The Kier molecular flexibility index (Phi) is 5.00. The first-order valence-corrected chi connectivity index (χ1v) is 10.6. The van der Waals surface area contributed by atoms with E-state index in [0.717, 1.165) is 18.1 Å². The zero-order chi connectivity index (χ0) is 15.5. The third-order valence-electron chi connectivity index (χ3n) is 2.94. The summed E-state index contributed by atoms with van der Waals surface area (Å²) in [5, 5.41) is 8.47. The average molecular weight is 372 g/mol. The molecule has 0 saturated heterocycles. The number of rotatable bonds is 6. The van der Waals surface area contributed by atoms with Gasteiger partial charge in [-0.05, 0) is 0 Å². The van der Waals surface area contributed by atoms with Crippen molar-refractivity contribution in [1.82, 2.24) is 19.7 Å². The number of unbranched alkanes of at least 4 members (excludes halogenated alkanes) is 1. The predicted octanol–water partition coefficient (Wildman–Crippen LogP) is 1.02. The van der Waals surface area contributed by atoms with E-state index in [2.05, 4.69) is 15.0 Å². The van der Waals surface area contributed by atoms with Gasteiger partial charge in [-0.1, -0.05) is 0 Å². The number of nitrogens with one attached hydrogen (secondary N) is 1. The summed E-state index contributed by atoms with van der Waals surface area (Å²) in [5.74, 6) is 0. The second kappa shape index (κ2) is 6.57. The van der Waals surface area contributed by atoms with Gasteiger partial charge in [-0.2, -0.15) is 0 Å². The summed E-state index contributed by atoms with van der Waals surface area (Å²) in [5.41, 5.74) is 0.876. The minimum atomic E-state index is -3.89. The van der Waals surface area contributed by atoms with Gasteiger partial charge in [0.1, 0.15) is 0 Å². The number of hydrogen-bond acceptors (Lipinski definition) is 5. The Morgan fingerprint density at radius 2 is 2.19 bits per heavy atom. The molecule has 21 heavy (non-hydrogen) atoms. The van der Waals surface area contributed by atoms with Crippen molar-refractivity contribution in [3.8, 4) is 0 Å². The summed E-state index contributed by atoms with van der Waals surface area (Å²) in [6, 6.07) is 4.77. The maximum absolute atomic E-state index is 12.3. The van der Waals surface area contributed by atoms with Crippen molar-refractivity contribution in [3.05, 3.63) is 18.2 Å². The van der Waals surface area contributed by atoms with E-state index < -0.39 is 25.8 Å². The summed E-state index contributed by atoms with van der Waals surface area (Å²) in [6.07, 6.45) is 1.95. The quantitative estimate of drug-likeness (QED) is 0.604. The molecule has 0 radical (unpaired) electrons. The number of carbonyl (C=O) groups excluding carboxylic acids is 1. The first-order chi connectivity index (χ1) is 9.95. The molecule has 1 aromatic heterocycles. The molecular weight excluding hydrogens is 355 g/mol. The molecule has 114 valence electrons. The molecule has 2 rings (SSSR count). The second-order valence-electron chi connectivity index (χ2n) is 4.55. The standard InChI is InChI=1S/C12H17AsN4O3S/c1-3-4-8-13-12(18)15-21(19,20)10-7-5-6-9-11(10)14-16-17(9)2/h5-7,13H,3-4,8H2,1-2H3,(H,15,18). The van der Waals surface area contributed by atoms with Crippen LogP contribution in [0.5, 0.6) is 0 Å². The summed E-state index contributed by atoms with van der Waals surface area (Å²) in [6.45, 7) is 2.04. The van der Waals surface area contributed by atoms with E-state index in [0.29, 0.717) is 5.52 Å². The fourth-order valence-electron chi connectivity index (χ4n) is 1.84. The van der Waals surface area contributed by atoms with Crippen molar-refractivity contribution in [1.29, 1.82) is 0 Å². The van der Waals surface area contributed by atoms with Crippen molar-refractivity contribution >= 4 is 41.5 Å². The minimum absolute atomic E-state index is 0.0106. The van der Waals surface area contributed by atoms with Gasteiger partial charge >= 0.3 is 130 Å². The van der Waals surface area contributed by atoms with E-state index in [1.54, 1.807) is 19.2 Å². The van der Waals surface area contributed by atoms with Crippen LogP contribution in [0.15, 0.2) is 23.1 Å². The van der Waals surface area contributed by atoms with Crippen LogP contribution in [-0.2, 0) is 17.1 Å². The summed E-state index contributed by atoms with van der Waals surface area (Å²) < 4.78 is 27.9. The van der Waals surface area contributed by atoms with Crippen LogP contribution in [-0.4, -0.2) is 43.9 Å². The molecule has 7 nitrogen and oxygen atoms in total. The number of aromatic nitrogens is 3. The summed E-state index contributed by atoms with van der Waals surface area (Å²) in [7, 11) is -2.21. The van der Waals surface area contributed by atoms with Crippen LogP contribution >= 0.6 is 0 Å². The summed E-state index contributed by atoms with van der Waals surface area (Å²) in [4.78, 5) is 11.8. The van der Waals surface area contributed by atoms with E-state index in [4.69, 9.17) is 0 Å². The molecule has 2 aromatic rings. The molecule has 1 amide bonds. The topological polar surface area (TPSA) is 93.9 Å². The van der Waals surface area contributed by atoms with Crippen molar-refractivity contribution < 1.29 is 13.2 Å². The molecule has 1 N–H and O–H groups in total. The SMILES string of the molecule is CCCC[AsH]C(=O)NS(=O)(=O)c1cccc2c1nnn2C. The van der Waals surface area contributed by atoms with Crippen LogP contribution in [0.2, 0.25) is 5.21 Å². The van der Waals surface area contributed by atoms with Crippen LogP contribution in [0.4, 0.5) is 4.79 Å². The van der Waals surface area contributed by atoms with Crippen molar-refractivity contribution in [2.24, 2.45) is 7.05 Å². The van der Waals surface area contributed by atoms with Crippen molar-refractivity contribution in [2.75, 3.05) is 0 Å². The first kappa shape index (κ1) is 16.0. The zero-order valence-corrected chi connectivity index (χ0v) is 14.7. The summed E-state index contributed by atoms with van der Waals surface area (Å²) >= 11 is -0.949. The molecular formula is C12H17AsN4O3S. The number of nitrogens with zero attached hydrogens (tertiary/aromatic N) is 3. The van der Waals surface area contributed by atoms with Gasteiger partial charge in [-0.25, -0.2) is 0 Å². The molecule has 0 aliphatic rings. The fourth-order valence-corrected chi connectivity index (χ4v) is 5.81. The number of fused-ring (bicyclic) bond motifs is 1. The number of sulfonamides is 1. The Bertz CT molecular complexity index is 757. The van der Waals surface area contributed by atoms with Crippen LogP contribution < -0.4 is 4.72 Å². The third kappa shape index (κ3) is 3.62. The van der Waals surface area contributed by atoms with E-state index >= 15 is 0 Å². The van der Waals surface area contributed by atoms with Crippen LogP contribution in [0.1, 0.15) is 19.8 Å². The Hall–Kier alpha value is -1.40. The third-order valence-corrected chi connectivity index (χ3v) is 6.88. The van der Waals surface area contributed by atoms with Gasteiger partial charge in [0.2, 0.25) is 0 Å². The first-order valence-electron chi connectivity index (χ1n) is 6.54. The van der Waals surface area contributed by atoms with Gasteiger partial charge in [0, 0.05) is 0 Å². The van der Waals surface area contributed by atoms with E-state index in [9.17, 15) is 13.2 Å². The van der Waals surface area contributed by atoms with E-state index in [1.807, 2.05) is 6.92 Å². The second-order valence-corrected chi connectivity index (χ2v) is 8.95. The number of aryl methyl sites for hydroxylation is 1. The molecule has 1 aromatic carbocycles. The Balaban J connectivity index is 2.24. The van der Waals surface area contributed by atoms with Gasteiger partial charge < -0.3 is 0 Å². The number of hydrogen-bond donors (Lipinski definition) is 1. The maximum atomic E-state index is 12.3. The van der Waals surface area contributed by atoms with Gasteiger partial charge in [-0.3, -0.25) is 0 Å². The van der Waals surface area contributed by atoms with E-state index in [1.165, 1.54) is 10.7 Å². The molecule has 0 bridgehead atoms. The van der Waals surface area contributed by atoms with Crippen molar-refractivity contribution in [3.63, 3.8) is 0 Å². The van der Waals surface area contributed by atoms with Crippen molar-refractivity contribution in [2.45, 2.75) is 29.9 Å².